The second kappa shape index (κ2) is 8.51. The zero-order valence-corrected chi connectivity index (χ0v) is 15.9. The second-order valence-corrected chi connectivity index (χ2v) is 6.03. The molecule has 0 unspecified atom stereocenters. The Bertz CT molecular complexity index is 877. The summed E-state index contributed by atoms with van der Waals surface area (Å²) >= 11 is 0. The number of hydrogen-bond acceptors (Lipinski definition) is 7. The van der Waals surface area contributed by atoms with Gasteiger partial charge in [-0.2, -0.15) is 0 Å². The third-order valence-electron chi connectivity index (χ3n) is 4.03. The number of anilines is 1. The minimum atomic E-state index is -0.679. The lowest BCUT2D eigenvalue weighted by molar-refractivity contribution is -0.119. The third-order valence-corrected chi connectivity index (χ3v) is 4.03. The van der Waals surface area contributed by atoms with Gasteiger partial charge in [0.05, 0.1) is 25.5 Å². The van der Waals surface area contributed by atoms with Crippen molar-refractivity contribution in [3.05, 3.63) is 41.5 Å². The van der Waals surface area contributed by atoms with Gasteiger partial charge in [-0.25, -0.2) is 4.79 Å². The first-order valence-corrected chi connectivity index (χ1v) is 8.61. The maximum atomic E-state index is 12.4. The van der Waals surface area contributed by atoms with Crippen LogP contribution in [0, 0.1) is 6.92 Å². The zero-order chi connectivity index (χ0) is 20.1. The van der Waals surface area contributed by atoms with Crippen LogP contribution in [0.3, 0.4) is 0 Å². The summed E-state index contributed by atoms with van der Waals surface area (Å²) in [6, 6.07) is 8.37. The molecule has 3 rings (SSSR count). The minimum Gasteiger partial charge on any atom is -0.495 e. The molecule has 0 fully saturated rings. The van der Waals surface area contributed by atoms with Gasteiger partial charge < -0.3 is 29.0 Å². The van der Waals surface area contributed by atoms with Crippen LogP contribution in [0.25, 0.3) is 0 Å². The number of esters is 1. The highest BCUT2D eigenvalue weighted by atomic mass is 16.6. The molecule has 0 radical (unpaired) electrons. The summed E-state index contributed by atoms with van der Waals surface area (Å²) in [5, 5.41) is 2.67. The SMILES string of the molecule is COc1ccc(C)cc1NC(=O)COC(=O)c1cc(OC)c2c(c1)OCCO2. The molecule has 0 aliphatic carbocycles. The van der Waals surface area contributed by atoms with Crippen LogP contribution < -0.4 is 24.3 Å². The topological polar surface area (TPSA) is 92.3 Å². The predicted molar refractivity (Wildman–Crippen MR) is 101 cm³/mol. The lowest BCUT2D eigenvalue weighted by Gasteiger charge is -2.21. The Hall–Kier alpha value is -3.42. The maximum Gasteiger partial charge on any atom is 0.338 e. The van der Waals surface area contributed by atoms with E-state index in [-0.39, 0.29) is 5.56 Å². The molecule has 0 atom stereocenters. The van der Waals surface area contributed by atoms with Crippen molar-refractivity contribution < 1.29 is 33.3 Å². The highest BCUT2D eigenvalue weighted by Gasteiger charge is 2.22. The van der Waals surface area contributed by atoms with Crippen molar-refractivity contribution in [1.82, 2.24) is 0 Å². The Kier molecular flexibility index (Phi) is 5.88. The largest absolute Gasteiger partial charge is 0.495 e. The number of methoxy groups -OCH3 is 2. The van der Waals surface area contributed by atoms with Crippen molar-refractivity contribution in [2.75, 3.05) is 39.4 Å². The normalized spacial score (nSPS) is 12.1. The van der Waals surface area contributed by atoms with E-state index in [0.29, 0.717) is 41.9 Å². The Labute approximate surface area is 162 Å². The van der Waals surface area contributed by atoms with Crippen molar-refractivity contribution in [1.29, 1.82) is 0 Å². The molecule has 1 N–H and O–H groups in total. The van der Waals surface area contributed by atoms with Crippen LogP contribution in [0.4, 0.5) is 5.69 Å². The van der Waals surface area contributed by atoms with Crippen molar-refractivity contribution in [3.8, 4) is 23.0 Å². The molecule has 1 aliphatic heterocycles. The Balaban J connectivity index is 1.66. The number of hydrogen-bond donors (Lipinski definition) is 1. The quantitative estimate of drug-likeness (QED) is 0.762. The lowest BCUT2D eigenvalue weighted by atomic mass is 10.1. The monoisotopic (exact) mass is 387 g/mol. The van der Waals surface area contributed by atoms with Gasteiger partial charge in [-0.05, 0) is 36.8 Å². The number of aryl methyl sites for hydroxylation is 1. The van der Waals surface area contributed by atoms with Gasteiger partial charge in [0, 0.05) is 0 Å². The van der Waals surface area contributed by atoms with E-state index < -0.39 is 18.5 Å². The first-order valence-electron chi connectivity index (χ1n) is 8.61. The van der Waals surface area contributed by atoms with Gasteiger partial charge in [0.2, 0.25) is 5.75 Å². The van der Waals surface area contributed by atoms with Gasteiger partial charge in [-0.15, -0.1) is 0 Å². The third kappa shape index (κ3) is 4.28. The molecule has 0 saturated heterocycles. The highest BCUT2D eigenvalue weighted by molar-refractivity contribution is 5.97. The summed E-state index contributed by atoms with van der Waals surface area (Å²) in [6.07, 6.45) is 0. The summed E-state index contributed by atoms with van der Waals surface area (Å²) in [5.74, 6) is 0.546. The second-order valence-electron chi connectivity index (χ2n) is 6.03. The van der Waals surface area contributed by atoms with Crippen LogP contribution in [0.2, 0.25) is 0 Å². The Morgan fingerprint density at radius 2 is 1.79 bits per heavy atom. The summed E-state index contributed by atoms with van der Waals surface area (Å²) in [7, 11) is 2.97. The number of rotatable bonds is 6. The average molecular weight is 387 g/mol. The first kappa shape index (κ1) is 19.3. The molecule has 0 aromatic heterocycles. The molecule has 8 heteroatoms. The van der Waals surface area contributed by atoms with E-state index in [2.05, 4.69) is 5.32 Å². The predicted octanol–water partition coefficient (Wildman–Crippen LogP) is 2.58. The fraction of sp³-hybridized carbons (Fsp3) is 0.300. The van der Waals surface area contributed by atoms with E-state index in [4.69, 9.17) is 23.7 Å². The number of fused-ring (bicyclic) bond motifs is 1. The van der Waals surface area contributed by atoms with Crippen LogP contribution in [-0.4, -0.2) is 45.9 Å². The molecule has 28 heavy (non-hydrogen) atoms. The number of amides is 1. The Morgan fingerprint density at radius 1 is 1.04 bits per heavy atom. The fourth-order valence-electron chi connectivity index (χ4n) is 2.71. The van der Waals surface area contributed by atoms with Crippen LogP contribution in [0.5, 0.6) is 23.0 Å². The summed E-state index contributed by atoms with van der Waals surface area (Å²) in [5.41, 5.74) is 1.66. The van der Waals surface area contributed by atoms with Crippen molar-refractivity contribution in [2.45, 2.75) is 6.92 Å². The van der Waals surface area contributed by atoms with Crippen LogP contribution in [0.15, 0.2) is 30.3 Å². The zero-order valence-electron chi connectivity index (χ0n) is 15.9. The van der Waals surface area contributed by atoms with Gasteiger partial charge in [-0.3, -0.25) is 4.79 Å². The maximum absolute atomic E-state index is 12.4. The summed E-state index contributed by atoms with van der Waals surface area (Å²) in [6.45, 7) is 2.21. The van der Waals surface area contributed by atoms with Crippen LogP contribution in [0.1, 0.15) is 15.9 Å². The van der Waals surface area contributed by atoms with E-state index in [1.165, 1.54) is 26.4 Å². The van der Waals surface area contributed by atoms with Gasteiger partial charge in [-0.1, -0.05) is 6.07 Å². The van der Waals surface area contributed by atoms with E-state index in [0.717, 1.165) is 5.56 Å². The number of benzene rings is 2. The minimum absolute atomic E-state index is 0.196. The van der Waals surface area contributed by atoms with Gasteiger partial charge in [0.1, 0.15) is 19.0 Å². The number of ether oxygens (including phenoxy) is 5. The van der Waals surface area contributed by atoms with Crippen molar-refractivity contribution in [2.24, 2.45) is 0 Å². The van der Waals surface area contributed by atoms with Crippen molar-refractivity contribution in [3.63, 3.8) is 0 Å². The van der Waals surface area contributed by atoms with E-state index in [9.17, 15) is 9.59 Å². The molecule has 0 saturated carbocycles. The Morgan fingerprint density at radius 3 is 2.54 bits per heavy atom. The van der Waals surface area contributed by atoms with Gasteiger partial charge >= 0.3 is 5.97 Å². The molecule has 2 aromatic rings. The first-order chi connectivity index (χ1) is 13.5. The highest BCUT2D eigenvalue weighted by Crippen LogP contribution is 2.40. The molecule has 0 spiro atoms. The van der Waals surface area contributed by atoms with E-state index >= 15 is 0 Å². The lowest BCUT2D eigenvalue weighted by Crippen LogP contribution is -2.22. The van der Waals surface area contributed by atoms with E-state index in [1.54, 1.807) is 12.1 Å². The average Bonchev–Trinajstić information content (AvgIpc) is 2.71. The smallest absolute Gasteiger partial charge is 0.338 e. The summed E-state index contributed by atoms with van der Waals surface area (Å²) < 4.78 is 26.6. The molecule has 1 aliphatic rings. The van der Waals surface area contributed by atoms with Crippen molar-refractivity contribution >= 4 is 17.6 Å². The summed E-state index contributed by atoms with van der Waals surface area (Å²) in [4.78, 5) is 24.5. The van der Waals surface area contributed by atoms with Crippen LogP contribution in [-0.2, 0) is 9.53 Å². The number of nitrogens with one attached hydrogen (secondary N) is 1. The molecule has 0 bridgehead atoms. The number of carbonyl (C=O) groups excluding carboxylic acids is 2. The molecule has 148 valence electrons. The molecule has 1 heterocycles. The molecule has 2 aromatic carbocycles. The standard InChI is InChI=1S/C20H21NO7/c1-12-4-5-15(24-2)14(8-12)21-18(22)11-28-20(23)13-9-16(25-3)19-17(10-13)26-6-7-27-19/h4-5,8-10H,6-7,11H2,1-3H3,(H,21,22). The van der Waals surface area contributed by atoms with Gasteiger partial charge in [0.25, 0.3) is 5.91 Å². The fourth-order valence-corrected chi connectivity index (χ4v) is 2.71. The van der Waals surface area contributed by atoms with Gasteiger partial charge in [0.15, 0.2) is 18.1 Å². The molecular formula is C20H21NO7. The van der Waals surface area contributed by atoms with Crippen LogP contribution >= 0.6 is 0 Å². The molecular weight excluding hydrogens is 366 g/mol. The number of carbonyl (C=O) groups is 2. The molecule has 8 nitrogen and oxygen atoms in total. The van der Waals surface area contributed by atoms with E-state index in [1.807, 2.05) is 13.0 Å². The molecule has 1 amide bonds.